The minimum atomic E-state index is 0.582. The van der Waals surface area contributed by atoms with Crippen molar-refractivity contribution in [2.24, 2.45) is 0 Å². The van der Waals surface area contributed by atoms with Gasteiger partial charge >= 0.3 is 0 Å². The summed E-state index contributed by atoms with van der Waals surface area (Å²) in [6.45, 7) is 4.43. The Hall–Kier alpha value is -1.97. The molecule has 0 aliphatic heterocycles. The Labute approximate surface area is 94.5 Å². The van der Waals surface area contributed by atoms with E-state index in [-0.39, 0.29) is 0 Å². The number of aryl methyl sites for hydroxylation is 2. The molecule has 16 heavy (non-hydrogen) atoms. The number of benzene rings is 1. The van der Waals surface area contributed by atoms with E-state index in [9.17, 15) is 0 Å². The molecule has 0 saturated carbocycles. The third kappa shape index (κ3) is 2.34. The highest BCUT2D eigenvalue weighted by Gasteiger charge is 2.04. The Morgan fingerprint density at radius 2 is 1.94 bits per heavy atom. The van der Waals surface area contributed by atoms with E-state index in [1.54, 1.807) is 0 Å². The molecule has 2 rings (SSSR count). The molecule has 0 atom stereocenters. The fourth-order valence-corrected chi connectivity index (χ4v) is 1.39. The quantitative estimate of drug-likeness (QED) is 0.775. The van der Waals surface area contributed by atoms with Crippen molar-refractivity contribution in [2.75, 3.05) is 11.1 Å². The van der Waals surface area contributed by atoms with Gasteiger partial charge in [0.1, 0.15) is 5.76 Å². The first-order chi connectivity index (χ1) is 7.65. The van der Waals surface area contributed by atoms with E-state index < -0.39 is 0 Å². The molecule has 84 valence electrons. The summed E-state index contributed by atoms with van der Waals surface area (Å²) in [7, 11) is 0. The summed E-state index contributed by atoms with van der Waals surface area (Å²) in [5, 5.41) is 3.22. The Bertz CT molecular complexity index is 454. The second-order valence-electron chi connectivity index (χ2n) is 3.72. The summed E-state index contributed by atoms with van der Waals surface area (Å²) in [6, 6.07) is 7.57. The zero-order valence-corrected chi connectivity index (χ0v) is 9.45. The third-order valence-corrected chi connectivity index (χ3v) is 2.43. The number of hydrogen-bond acceptors (Lipinski definition) is 4. The number of rotatable bonds is 3. The normalized spacial score (nSPS) is 10.4. The van der Waals surface area contributed by atoms with E-state index >= 15 is 0 Å². The van der Waals surface area contributed by atoms with Gasteiger partial charge in [-0.3, -0.25) is 0 Å². The molecular weight excluding hydrogens is 202 g/mol. The maximum Gasteiger partial charge on any atom is 0.213 e. The predicted octanol–water partition coefficient (Wildman–Crippen LogP) is 2.49. The number of nitrogen functional groups attached to an aromatic ring is 1. The van der Waals surface area contributed by atoms with Gasteiger partial charge in [0.25, 0.3) is 0 Å². The lowest BCUT2D eigenvalue weighted by molar-refractivity contribution is 0.478. The molecule has 1 aromatic heterocycles. The van der Waals surface area contributed by atoms with Crippen molar-refractivity contribution < 1.29 is 4.42 Å². The molecule has 3 N–H and O–H groups in total. The zero-order valence-electron chi connectivity index (χ0n) is 9.45. The van der Waals surface area contributed by atoms with Crippen LogP contribution in [0.15, 0.2) is 28.7 Å². The van der Waals surface area contributed by atoms with Crippen LogP contribution in [0.2, 0.25) is 0 Å². The van der Waals surface area contributed by atoms with Gasteiger partial charge in [0.05, 0.1) is 12.2 Å². The Balaban J connectivity index is 1.99. The number of nitrogens with two attached hydrogens (primary N) is 1. The van der Waals surface area contributed by atoms with Gasteiger partial charge in [-0.1, -0.05) is 0 Å². The summed E-state index contributed by atoms with van der Waals surface area (Å²) in [5.41, 5.74) is 8.30. The zero-order chi connectivity index (χ0) is 11.5. The van der Waals surface area contributed by atoms with Crippen molar-refractivity contribution >= 4 is 11.4 Å². The number of hydrogen-bond donors (Lipinski definition) is 2. The first kappa shape index (κ1) is 10.5. The molecule has 0 aliphatic rings. The van der Waals surface area contributed by atoms with Gasteiger partial charge in [0.15, 0.2) is 0 Å². The molecule has 0 aliphatic carbocycles. The lowest BCUT2D eigenvalue weighted by atomic mass is 10.3. The fraction of sp³-hybridized carbons (Fsp3) is 0.250. The lowest BCUT2D eigenvalue weighted by Gasteiger charge is -2.03. The monoisotopic (exact) mass is 217 g/mol. The first-order valence-corrected chi connectivity index (χ1v) is 5.17. The Morgan fingerprint density at radius 3 is 2.50 bits per heavy atom. The summed E-state index contributed by atoms with van der Waals surface area (Å²) in [4.78, 5) is 4.29. The van der Waals surface area contributed by atoms with Crippen molar-refractivity contribution in [3.8, 4) is 0 Å². The highest BCUT2D eigenvalue weighted by atomic mass is 16.4. The minimum absolute atomic E-state index is 0.582. The number of anilines is 2. The van der Waals surface area contributed by atoms with E-state index in [4.69, 9.17) is 10.2 Å². The number of aromatic nitrogens is 1. The summed E-state index contributed by atoms with van der Waals surface area (Å²) in [6.07, 6.45) is 0. The molecule has 4 heteroatoms. The molecule has 0 saturated heterocycles. The number of nitrogens with one attached hydrogen (secondary N) is 1. The van der Waals surface area contributed by atoms with E-state index in [1.807, 2.05) is 38.1 Å². The lowest BCUT2D eigenvalue weighted by Crippen LogP contribution is -1.99. The molecule has 0 amide bonds. The van der Waals surface area contributed by atoms with Gasteiger partial charge in [0.2, 0.25) is 5.89 Å². The van der Waals surface area contributed by atoms with Crippen molar-refractivity contribution in [1.82, 2.24) is 4.98 Å². The molecule has 1 heterocycles. The van der Waals surface area contributed by atoms with E-state index in [0.717, 1.165) is 22.8 Å². The van der Waals surface area contributed by atoms with E-state index in [1.165, 1.54) is 0 Å². The van der Waals surface area contributed by atoms with Crippen LogP contribution in [0.3, 0.4) is 0 Å². The van der Waals surface area contributed by atoms with Gasteiger partial charge in [-0.05, 0) is 38.1 Å². The molecule has 1 aromatic carbocycles. The smallest absolute Gasteiger partial charge is 0.213 e. The van der Waals surface area contributed by atoms with Gasteiger partial charge in [-0.15, -0.1) is 0 Å². The van der Waals surface area contributed by atoms with Gasteiger partial charge in [0, 0.05) is 11.4 Å². The van der Waals surface area contributed by atoms with Gasteiger partial charge < -0.3 is 15.5 Å². The highest BCUT2D eigenvalue weighted by Crippen LogP contribution is 2.13. The number of oxazole rings is 1. The standard InChI is InChI=1S/C12H15N3O/c1-8-9(2)16-12(15-8)7-14-11-5-3-10(13)4-6-11/h3-6,14H,7,13H2,1-2H3. The van der Waals surface area contributed by atoms with Crippen LogP contribution >= 0.6 is 0 Å². The molecule has 0 fully saturated rings. The van der Waals surface area contributed by atoms with Crippen LogP contribution in [0.4, 0.5) is 11.4 Å². The van der Waals surface area contributed by atoms with Gasteiger partial charge in [-0.25, -0.2) is 4.98 Å². The third-order valence-electron chi connectivity index (χ3n) is 2.43. The van der Waals surface area contributed by atoms with E-state index in [0.29, 0.717) is 12.4 Å². The van der Waals surface area contributed by atoms with Crippen LogP contribution in [-0.2, 0) is 6.54 Å². The fourth-order valence-electron chi connectivity index (χ4n) is 1.39. The molecular formula is C12H15N3O. The van der Waals surface area contributed by atoms with Crippen molar-refractivity contribution in [3.05, 3.63) is 41.6 Å². The molecule has 0 bridgehead atoms. The van der Waals surface area contributed by atoms with Crippen molar-refractivity contribution in [1.29, 1.82) is 0 Å². The molecule has 0 unspecified atom stereocenters. The summed E-state index contributed by atoms with van der Waals surface area (Å²) >= 11 is 0. The van der Waals surface area contributed by atoms with Crippen molar-refractivity contribution in [3.63, 3.8) is 0 Å². The number of nitrogens with zero attached hydrogens (tertiary/aromatic N) is 1. The summed E-state index contributed by atoms with van der Waals surface area (Å²) < 4.78 is 5.46. The van der Waals surface area contributed by atoms with Crippen LogP contribution in [0.25, 0.3) is 0 Å². The largest absolute Gasteiger partial charge is 0.444 e. The SMILES string of the molecule is Cc1nc(CNc2ccc(N)cc2)oc1C. The maximum atomic E-state index is 5.60. The van der Waals surface area contributed by atoms with Crippen molar-refractivity contribution in [2.45, 2.75) is 20.4 Å². The first-order valence-electron chi connectivity index (χ1n) is 5.17. The average Bonchev–Trinajstić information content (AvgIpc) is 2.58. The second kappa shape index (κ2) is 4.26. The van der Waals surface area contributed by atoms with Gasteiger partial charge in [-0.2, -0.15) is 0 Å². The minimum Gasteiger partial charge on any atom is -0.444 e. The maximum absolute atomic E-state index is 5.60. The predicted molar refractivity (Wildman–Crippen MR) is 64.2 cm³/mol. The second-order valence-corrected chi connectivity index (χ2v) is 3.72. The topological polar surface area (TPSA) is 64.1 Å². The summed E-state index contributed by atoms with van der Waals surface area (Å²) in [5.74, 6) is 1.57. The van der Waals surface area contributed by atoms with E-state index in [2.05, 4.69) is 10.3 Å². The van der Waals surface area contributed by atoms with Crippen LogP contribution in [0.1, 0.15) is 17.3 Å². The Morgan fingerprint density at radius 1 is 1.25 bits per heavy atom. The highest BCUT2D eigenvalue weighted by molar-refractivity contribution is 5.51. The Kier molecular flexibility index (Phi) is 2.81. The van der Waals surface area contributed by atoms with Crippen LogP contribution in [-0.4, -0.2) is 4.98 Å². The van der Waals surface area contributed by atoms with Crippen LogP contribution in [0.5, 0.6) is 0 Å². The molecule has 2 aromatic rings. The van der Waals surface area contributed by atoms with Crippen LogP contribution in [0, 0.1) is 13.8 Å². The molecule has 0 spiro atoms. The molecule has 0 radical (unpaired) electrons. The van der Waals surface area contributed by atoms with Crippen LogP contribution < -0.4 is 11.1 Å². The average molecular weight is 217 g/mol. The molecule has 4 nitrogen and oxygen atoms in total.